The second-order valence-corrected chi connectivity index (χ2v) is 7.82. The summed E-state index contributed by atoms with van der Waals surface area (Å²) in [5.74, 6) is 1.24. The van der Waals surface area contributed by atoms with Gasteiger partial charge in [0.2, 0.25) is 0 Å². The first-order chi connectivity index (χ1) is 11.1. The Bertz CT molecular complexity index is 663. The third kappa shape index (κ3) is 5.44. The van der Waals surface area contributed by atoms with Crippen LogP contribution in [0.15, 0.2) is 40.2 Å². The van der Waals surface area contributed by atoms with Crippen LogP contribution >= 0.6 is 11.3 Å². The number of aromatic nitrogens is 1. The molecule has 2 rings (SSSR count). The van der Waals surface area contributed by atoms with Gasteiger partial charge in [0, 0.05) is 29.1 Å². The Morgan fingerprint density at radius 1 is 1.26 bits per heavy atom. The van der Waals surface area contributed by atoms with Crippen LogP contribution in [0.5, 0.6) is 0 Å². The summed E-state index contributed by atoms with van der Waals surface area (Å²) in [5, 5.41) is 7.45. The molecule has 7 heteroatoms. The Kier molecular flexibility index (Phi) is 6.73. The van der Waals surface area contributed by atoms with Gasteiger partial charge in [0.05, 0.1) is 23.0 Å². The van der Waals surface area contributed by atoms with Gasteiger partial charge < -0.3 is 10.6 Å². The van der Waals surface area contributed by atoms with Crippen molar-refractivity contribution >= 4 is 28.1 Å². The van der Waals surface area contributed by atoms with E-state index in [1.54, 1.807) is 18.4 Å². The molecule has 0 bridgehead atoms. The number of nitrogens with one attached hydrogen (secondary N) is 2. The van der Waals surface area contributed by atoms with Crippen molar-refractivity contribution in [2.45, 2.75) is 25.3 Å². The number of hydrogen-bond donors (Lipinski definition) is 2. The Morgan fingerprint density at radius 2 is 2.00 bits per heavy atom. The van der Waals surface area contributed by atoms with Crippen molar-refractivity contribution in [1.82, 2.24) is 15.6 Å². The fraction of sp³-hybridized carbons (Fsp3) is 0.375. The van der Waals surface area contributed by atoms with Crippen molar-refractivity contribution in [1.29, 1.82) is 0 Å². The molecule has 0 aliphatic carbocycles. The molecule has 0 spiro atoms. The van der Waals surface area contributed by atoms with Crippen LogP contribution in [0.2, 0.25) is 0 Å². The minimum atomic E-state index is -0.997. The third-order valence-corrected chi connectivity index (χ3v) is 5.74. The van der Waals surface area contributed by atoms with Gasteiger partial charge in [0.1, 0.15) is 5.01 Å². The molecule has 2 N–H and O–H groups in total. The zero-order valence-electron chi connectivity index (χ0n) is 13.6. The normalized spacial score (nSPS) is 12.9. The molecule has 0 saturated heterocycles. The predicted molar refractivity (Wildman–Crippen MR) is 97.5 cm³/mol. The largest absolute Gasteiger partial charge is 0.355 e. The van der Waals surface area contributed by atoms with Crippen LogP contribution in [0.1, 0.15) is 15.6 Å². The first-order valence-corrected chi connectivity index (χ1v) is 9.54. The molecule has 23 heavy (non-hydrogen) atoms. The summed E-state index contributed by atoms with van der Waals surface area (Å²) in [6.45, 7) is 5.32. The Morgan fingerprint density at radius 3 is 2.61 bits per heavy atom. The molecule has 1 aromatic carbocycles. The Hall–Kier alpha value is -1.73. The van der Waals surface area contributed by atoms with Crippen molar-refractivity contribution in [2.24, 2.45) is 4.99 Å². The second kappa shape index (κ2) is 8.79. The summed E-state index contributed by atoms with van der Waals surface area (Å²) in [7, 11) is 0.727. The van der Waals surface area contributed by atoms with Crippen molar-refractivity contribution in [3.8, 4) is 0 Å². The highest BCUT2D eigenvalue weighted by molar-refractivity contribution is 7.85. The van der Waals surface area contributed by atoms with E-state index in [0.717, 1.165) is 15.6 Å². The lowest BCUT2D eigenvalue weighted by atomic mass is 10.4. The molecular formula is C16H22N4OS2. The number of aliphatic imine (C=N–C) groups is 1. The van der Waals surface area contributed by atoms with Gasteiger partial charge in [-0.2, -0.15) is 0 Å². The Balaban J connectivity index is 1.76. The summed E-state index contributed by atoms with van der Waals surface area (Å²) in [6.07, 6.45) is 0. The van der Waals surface area contributed by atoms with Crippen LogP contribution < -0.4 is 10.6 Å². The maximum Gasteiger partial charge on any atom is 0.191 e. The molecule has 0 saturated carbocycles. The number of aryl methyl sites for hydroxylation is 2. The molecule has 124 valence electrons. The van der Waals surface area contributed by atoms with E-state index in [1.165, 1.54) is 4.88 Å². The van der Waals surface area contributed by atoms with Crippen LogP contribution in [0.25, 0.3) is 0 Å². The van der Waals surface area contributed by atoms with Gasteiger partial charge in [0.25, 0.3) is 0 Å². The molecule has 1 aromatic heterocycles. The average molecular weight is 351 g/mol. The zero-order valence-corrected chi connectivity index (χ0v) is 15.3. The van der Waals surface area contributed by atoms with Gasteiger partial charge in [-0.05, 0) is 26.0 Å². The average Bonchev–Trinajstić information content (AvgIpc) is 2.89. The molecule has 5 nitrogen and oxygen atoms in total. The summed E-state index contributed by atoms with van der Waals surface area (Å²) in [4.78, 5) is 10.8. The molecular weight excluding hydrogens is 328 g/mol. The smallest absolute Gasteiger partial charge is 0.191 e. The van der Waals surface area contributed by atoms with E-state index in [9.17, 15) is 4.21 Å². The minimum Gasteiger partial charge on any atom is -0.355 e. The lowest BCUT2D eigenvalue weighted by Crippen LogP contribution is -2.38. The molecule has 0 radical (unpaired) electrons. The van der Waals surface area contributed by atoms with Crippen LogP contribution in [-0.4, -0.2) is 34.5 Å². The number of nitrogens with zero attached hydrogens (tertiary/aromatic N) is 2. The lowest BCUT2D eigenvalue weighted by Gasteiger charge is -2.10. The predicted octanol–water partition coefficient (Wildman–Crippen LogP) is 2.23. The molecule has 0 aliphatic heterocycles. The quantitative estimate of drug-likeness (QED) is 0.619. The van der Waals surface area contributed by atoms with Crippen LogP contribution in [0.3, 0.4) is 0 Å². The molecule has 0 amide bonds. The first kappa shape index (κ1) is 17.6. The van der Waals surface area contributed by atoms with E-state index < -0.39 is 10.8 Å². The van der Waals surface area contributed by atoms with Gasteiger partial charge >= 0.3 is 0 Å². The highest BCUT2D eigenvalue weighted by Gasteiger charge is 2.06. The standard InChI is InChI=1S/C16H22N4OS2/c1-12-13(2)22-15(20-12)11-19-16(17-3)18-9-10-23(21)14-7-5-4-6-8-14/h4-8H,9-11H2,1-3H3,(H2,17,18,19). The van der Waals surface area contributed by atoms with E-state index in [1.807, 2.05) is 37.3 Å². The van der Waals surface area contributed by atoms with Gasteiger partial charge in [-0.1, -0.05) is 18.2 Å². The van der Waals surface area contributed by atoms with E-state index in [4.69, 9.17) is 0 Å². The zero-order chi connectivity index (χ0) is 16.7. The number of hydrogen-bond acceptors (Lipinski definition) is 4. The van der Waals surface area contributed by atoms with E-state index in [-0.39, 0.29) is 0 Å². The van der Waals surface area contributed by atoms with Crippen LogP contribution in [-0.2, 0) is 17.3 Å². The summed E-state index contributed by atoms with van der Waals surface area (Å²) in [6, 6.07) is 9.50. The van der Waals surface area contributed by atoms with Crippen molar-refractivity contribution in [3.05, 3.63) is 45.9 Å². The van der Waals surface area contributed by atoms with Gasteiger partial charge in [-0.25, -0.2) is 4.98 Å². The van der Waals surface area contributed by atoms with E-state index in [0.29, 0.717) is 24.8 Å². The summed E-state index contributed by atoms with van der Waals surface area (Å²) < 4.78 is 12.1. The minimum absolute atomic E-state index is 0.542. The van der Waals surface area contributed by atoms with Gasteiger partial charge in [-0.3, -0.25) is 9.20 Å². The van der Waals surface area contributed by atoms with E-state index >= 15 is 0 Å². The first-order valence-electron chi connectivity index (χ1n) is 7.41. The molecule has 0 fully saturated rings. The topological polar surface area (TPSA) is 66.4 Å². The molecule has 2 aromatic rings. The maximum atomic E-state index is 12.1. The summed E-state index contributed by atoms with van der Waals surface area (Å²) in [5.41, 5.74) is 1.08. The number of thiazole rings is 1. The van der Waals surface area contributed by atoms with Crippen LogP contribution in [0, 0.1) is 13.8 Å². The van der Waals surface area contributed by atoms with Gasteiger partial charge in [-0.15, -0.1) is 11.3 Å². The Labute approximate surface area is 143 Å². The maximum absolute atomic E-state index is 12.1. The third-order valence-electron chi connectivity index (χ3n) is 3.29. The number of rotatable bonds is 6. The molecule has 1 heterocycles. The highest BCUT2D eigenvalue weighted by Crippen LogP contribution is 2.15. The van der Waals surface area contributed by atoms with Crippen molar-refractivity contribution in [3.63, 3.8) is 0 Å². The molecule has 1 atom stereocenters. The van der Waals surface area contributed by atoms with Crippen molar-refractivity contribution < 1.29 is 4.21 Å². The van der Waals surface area contributed by atoms with Crippen molar-refractivity contribution in [2.75, 3.05) is 19.3 Å². The monoisotopic (exact) mass is 350 g/mol. The fourth-order valence-electron chi connectivity index (χ4n) is 1.95. The second-order valence-electron chi connectivity index (χ2n) is 4.96. The number of guanidine groups is 1. The lowest BCUT2D eigenvalue weighted by molar-refractivity contribution is 0.681. The molecule has 0 aliphatic rings. The fourth-order valence-corrected chi connectivity index (χ4v) is 3.80. The SMILES string of the molecule is CN=C(NCCS(=O)c1ccccc1)NCc1nc(C)c(C)s1. The van der Waals surface area contributed by atoms with E-state index in [2.05, 4.69) is 27.5 Å². The highest BCUT2D eigenvalue weighted by atomic mass is 32.2. The number of benzene rings is 1. The summed E-state index contributed by atoms with van der Waals surface area (Å²) >= 11 is 1.69. The van der Waals surface area contributed by atoms with Gasteiger partial charge in [0.15, 0.2) is 5.96 Å². The molecule has 1 unspecified atom stereocenters. The van der Waals surface area contributed by atoms with Crippen LogP contribution in [0.4, 0.5) is 0 Å².